The van der Waals surface area contributed by atoms with Crippen molar-refractivity contribution >= 4 is 29.3 Å². The van der Waals surface area contributed by atoms with Crippen LogP contribution in [-0.4, -0.2) is 17.1 Å². The van der Waals surface area contributed by atoms with Crippen LogP contribution in [0, 0.1) is 0 Å². The molecule has 0 fully saturated rings. The third kappa shape index (κ3) is 4.63. The van der Waals surface area contributed by atoms with Gasteiger partial charge < -0.3 is 11.1 Å². The molecule has 0 aromatic heterocycles. The number of thioether (sulfide) groups is 1. The van der Waals surface area contributed by atoms with Gasteiger partial charge in [0.15, 0.2) is 0 Å². The molecule has 0 aliphatic rings. The van der Waals surface area contributed by atoms with Gasteiger partial charge in [-0.2, -0.15) is 0 Å². The Balaban J connectivity index is 1.87. The zero-order valence-corrected chi connectivity index (χ0v) is 13.1. The molecular formula is C17H18N2O2S. The van der Waals surface area contributed by atoms with Crippen molar-refractivity contribution in [3.63, 3.8) is 0 Å². The number of primary amides is 1. The van der Waals surface area contributed by atoms with Gasteiger partial charge in [-0.1, -0.05) is 30.3 Å². The van der Waals surface area contributed by atoms with Crippen molar-refractivity contribution < 1.29 is 9.59 Å². The second-order valence-electron chi connectivity index (χ2n) is 4.87. The standard InChI is InChI=1S/C17H18N2O2S/c1-12(22-11-13-5-3-2-4-6-13)17(21)19-15-9-7-14(8-10-15)16(18)20/h2-10,12H,11H2,1H3,(H2,18,20)(H,19,21)/t12-/m0/s1. The number of amides is 2. The van der Waals surface area contributed by atoms with Gasteiger partial charge in [0, 0.05) is 17.0 Å². The second kappa shape index (κ2) is 7.66. The maximum Gasteiger partial charge on any atom is 0.248 e. The number of anilines is 1. The first-order valence-corrected chi connectivity index (χ1v) is 7.97. The molecule has 2 aromatic carbocycles. The van der Waals surface area contributed by atoms with E-state index in [9.17, 15) is 9.59 Å². The molecule has 2 aromatic rings. The van der Waals surface area contributed by atoms with Crippen LogP contribution in [0.15, 0.2) is 54.6 Å². The molecule has 22 heavy (non-hydrogen) atoms. The molecule has 0 radical (unpaired) electrons. The van der Waals surface area contributed by atoms with Crippen LogP contribution < -0.4 is 11.1 Å². The first-order chi connectivity index (χ1) is 10.6. The largest absolute Gasteiger partial charge is 0.366 e. The highest BCUT2D eigenvalue weighted by atomic mass is 32.2. The zero-order valence-electron chi connectivity index (χ0n) is 12.3. The van der Waals surface area contributed by atoms with Crippen molar-refractivity contribution in [2.45, 2.75) is 17.9 Å². The molecule has 0 unspecified atom stereocenters. The van der Waals surface area contributed by atoms with Crippen molar-refractivity contribution in [1.82, 2.24) is 0 Å². The predicted octanol–water partition coefficient (Wildman–Crippen LogP) is 3.05. The Morgan fingerprint density at radius 3 is 2.32 bits per heavy atom. The van der Waals surface area contributed by atoms with Crippen molar-refractivity contribution in [3.8, 4) is 0 Å². The smallest absolute Gasteiger partial charge is 0.248 e. The maximum absolute atomic E-state index is 12.1. The molecule has 114 valence electrons. The monoisotopic (exact) mass is 314 g/mol. The molecule has 0 bridgehead atoms. The molecule has 1 atom stereocenters. The Morgan fingerprint density at radius 1 is 1.09 bits per heavy atom. The van der Waals surface area contributed by atoms with Crippen LogP contribution in [0.25, 0.3) is 0 Å². The molecule has 0 saturated heterocycles. The van der Waals surface area contributed by atoms with E-state index in [1.54, 1.807) is 36.0 Å². The minimum absolute atomic E-state index is 0.0623. The SMILES string of the molecule is C[C@H](SCc1ccccc1)C(=O)Nc1ccc(C(N)=O)cc1. The summed E-state index contributed by atoms with van der Waals surface area (Å²) in [6.07, 6.45) is 0. The van der Waals surface area contributed by atoms with Crippen molar-refractivity contribution in [2.75, 3.05) is 5.32 Å². The van der Waals surface area contributed by atoms with Crippen molar-refractivity contribution in [1.29, 1.82) is 0 Å². The van der Waals surface area contributed by atoms with Gasteiger partial charge >= 0.3 is 0 Å². The Hall–Kier alpha value is -2.27. The Kier molecular flexibility index (Phi) is 5.61. The molecular weight excluding hydrogens is 296 g/mol. The molecule has 5 heteroatoms. The number of carbonyl (C=O) groups excluding carboxylic acids is 2. The van der Waals surface area contributed by atoms with Crippen LogP contribution in [0.4, 0.5) is 5.69 Å². The summed E-state index contributed by atoms with van der Waals surface area (Å²) in [4.78, 5) is 23.1. The zero-order chi connectivity index (χ0) is 15.9. The highest BCUT2D eigenvalue weighted by Crippen LogP contribution is 2.19. The topological polar surface area (TPSA) is 72.2 Å². The summed E-state index contributed by atoms with van der Waals surface area (Å²) in [5.74, 6) is 0.244. The van der Waals surface area contributed by atoms with Crippen LogP contribution in [-0.2, 0) is 10.5 Å². The van der Waals surface area contributed by atoms with Crippen LogP contribution in [0.1, 0.15) is 22.8 Å². The lowest BCUT2D eigenvalue weighted by molar-refractivity contribution is -0.115. The van der Waals surface area contributed by atoms with E-state index in [1.807, 2.05) is 37.3 Å². The van der Waals surface area contributed by atoms with Gasteiger partial charge in [-0.25, -0.2) is 0 Å². The molecule has 3 N–H and O–H groups in total. The fourth-order valence-electron chi connectivity index (χ4n) is 1.83. The van der Waals surface area contributed by atoms with Crippen molar-refractivity contribution in [2.24, 2.45) is 5.73 Å². The minimum Gasteiger partial charge on any atom is -0.366 e. The molecule has 2 amide bonds. The first-order valence-electron chi connectivity index (χ1n) is 6.92. The van der Waals surface area contributed by atoms with Gasteiger partial charge in [-0.15, -0.1) is 11.8 Å². The number of hydrogen-bond acceptors (Lipinski definition) is 3. The van der Waals surface area contributed by atoms with Gasteiger partial charge in [0.1, 0.15) is 0 Å². The highest BCUT2D eigenvalue weighted by Gasteiger charge is 2.13. The Labute approximate surface area is 134 Å². The summed E-state index contributed by atoms with van der Waals surface area (Å²) < 4.78 is 0. The Bertz CT molecular complexity index is 641. The Morgan fingerprint density at radius 2 is 1.73 bits per heavy atom. The summed E-state index contributed by atoms with van der Waals surface area (Å²) >= 11 is 1.58. The number of rotatable bonds is 6. The summed E-state index contributed by atoms with van der Waals surface area (Å²) in [6, 6.07) is 16.6. The lowest BCUT2D eigenvalue weighted by Gasteiger charge is -2.12. The third-order valence-corrected chi connectivity index (χ3v) is 4.36. The predicted molar refractivity (Wildman–Crippen MR) is 90.8 cm³/mol. The minimum atomic E-state index is -0.482. The van der Waals surface area contributed by atoms with Crippen LogP contribution in [0.5, 0.6) is 0 Å². The van der Waals surface area contributed by atoms with E-state index in [4.69, 9.17) is 5.73 Å². The van der Waals surface area contributed by atoms with Gasteiger partial charge in [0.05, 0.1) is 5.25 Å². The fourth-order valence-corrected chi connectivity index (χ4v) is 2.68. The first kappa shape index (κ1) is 16.1. The van der Waals surface area contributed by atoms with E-state index in [2.05, 4.69) is 5.32 Å². The van der Waals surface area contributed by atoms with E-state index in [-0.39, 0.29) is 11.2 Å². The van der Waals surface area contributed by atoms with Crippen LogP contribution >= 0.6 is 11.8 Å². The summed E-state index contributed by atoms with van der Waals surface area (Å²) in [5.41, 5.74) is 7.45. The molecule has 0 aliphatic heterocycles. The van der Waals surface area contributed by atoms with Gasteiger partial charge in [0.2, 0.25) is 11.8 Å². The van der Waals surface area contributed by atoms with Gasteiger partial charge in [0.25, 0.3) is 0 Å². The van der Waals surface area contributed by atoms with Gasteiger partial charge in [-0.3, -0.25) is 9.59 Å². The number of hydrogen-bond donors (Lipinski definition) is 2. The van der Waals surface area contributed by atoms with E-state index in [0.29, 0.717) is 11.3 Å². The van der Waals surface area contributed by atoms with Gasteiger partial charge in [-0.05, 0) is 36.8 Å². The molecule has 0 aliphatic carbocycles. The fraction of sp³-hybridized carbons (Fsp3) is 0.176. The normalized spacial score (nSPS) is 11.7. The molecule has 0 saturated carbocycles. The lowest BCUT2D eigenvalue weighted by Crippen LogP contribution is -2.22. The number of benzene rings is 2. The van der Waals surface area contributed by atoms with E-state index in [1.165, 1.54) is 5.56 Å². The van der Waals surface area contributed by atoms with E-state index >= 15 is 0 Å². The number of nitrogens with two attached hydrogens (primary N) is 1. The molecule has 0 heterocycles. The van der Waals surface area contributed by atoms with Crippen molar-refractivity contribution in [3.05, 3.63) is 65.7 Å². The number of nitrogens with one attached hydrogen (secondary N) is 1. The molecule has 4 nitrogen and oxygen atoms in total. The summed E-state index contributed by atoms with van der Waals surface area (Å²) in [7, 11) is 0. The second-order valence-corrected chi connectivity index (χ2v) is 6.20. The summed E-state index contributed by atoms with van der Waals surface area (Å²) in [6.45, 7) is 1.88. The molecule has 0 spiro atoms. The average Bonchev–Trinajstić information content (AvgIpc) is 2.54. The average molecular weight is 314 g/mol. The quantitative estimate of drug-likeness (QED) is 0.861. The third-order valence-electron chi connectivity index (χ3n) is 3.15. The lowest BCUT2D eigenvalue weighted by atomic mass is 10.2. The number of carbonyl (C=O) groups is 2. The van der Waals surface area contributed by atoms with Crippen LogP contribution in [0.2, 0.25) is 0 Å². The van der Waals surface area contributed by atoms with E-state index in [0.717, 1.165) is 5.75 Å². The van der Waals surface area contributed by atoms with Crippen LogP contribution in [0.3, 0.4) is 0 Å². The summed E-state index contributed by atoms with van der Waals surface area (Å²) in [5, 5.41) is 2.66. The maximum atomic E-state index is 12.1. The van der Waals surface area contributed by atoms with E-state index < -0.39 is 5.91 Å². The molecule has 2 rings (SSSR count). The highest BCUT2D eigenvalue weighted by molar-refractivity contribution is 7.99.